The summed E-state index contributed by atoms with van der Waals surface area (Å²) in [4.78, 5) is 10.9. The van der Waals surface area contributed by atoms with Crippen LogP contribution >= 0.6 is 0 Å². The van der Waals surface area contributed by atoms with E-state index in [1.807, 2.05) is 6.07 Å². The van der Waals surface area contributed by atoms with Crippen molar-refractivity contribution in [3.8, 4) is 17.6 Å². The molecule has 1 aliphatic carbocycles. The van der Waals surface area contributed by atoms with E-state index in [-0.39, 0.29) is 17.6 Å². The van der Waals surface area contributed by atoms with E-state index in [2.05, 4.69) is 17.3 Å². The van der Waals surface area contributed by atoms with Crippen LogP contribution in [0.3, 0.4) is 0 Å². The summed E-state index contributed by atoms with van der Waals surface area (Å²) in [6.07, 6.45) is 3.59. The third-order valence-electron chi connectivity index (χ3n) is 4.64. The molecular formula is C19H23N3O5. The molecule has 0 amide bonds. The van der Waals surface area contributed by atoms with Gasteiger partial charge in [-0.25, -0.2) is 10.6 Å². The van der Waals surface area contributed by atoms with E-state index in [1.54, 1.807) is 18.2 Å². The Morgan fingerprint density at radius 1 is 1.30 bits per heavy atom. The van der Waals surface area contributed by atoms with E-state index in [1.165, 1.54) is 0 Å². The molecule has 8 nitrogen and oxygen atoms in total. The molecule has 144 valence electrons. The van der Waals surface area contributed by atoms with Crippen LogP contribution in [0.25, 0.3) is 0 Å². The SMILES string of the molecule is NN/C(Oc1cccc(C#CC2CCC3(CC2)OCCO3)c1)=C(\N)C(=O)O. The minimum absolute atomic E-state index is 0.234. The Hall–Kier alpha value is -2.73. The van der Waals surface area contributed by atoms with Crippen molar-refractivity contribution in [2.45, 2.75) is 31.5 Å². The average Bonchev–Trinajstić information content (AvgIpc) is 3.13. The van der Waals surface area contributed by atoms with Crippen LogP contribution < -0.4 is 21.7 Å². The molecule has 1 heterocycles. The minimum Gasteiger partial charge on any atom is -0.476 e. The summed E-state index contributed by atoms with van der Waals surface area (Å²) < 4.78 is 16.9. The van der Waals surface area contributed by atoms with Crippen molar-refractivity contribution in [1.29, 1.82) is 0 Å². The van der Waals surface area contributed by atoms with Crippen molar-refractivity contribution in [3.63, 3.8) is 0 Å². The molecule has 2 fully saturated rings. The highest BCUT2D eigenvalue weighted by Gasteiger charge is 2.39. The van der Waals surface area contributed by atoms with Crippen LogP contribution in [0, 0.1) is 17.8 Å². The quantitative estimate of drug-likeness (QED) is 0.202. The van der Waals surface area contributed by atoms with Crippen LogP contribution in [0.2, 0.25) is 0 Å². The third-order valence-corrected chi connectivity index (χ3v) is 4.64. The first-order chi connectivity index (χ1) is 13.0. The molecule has 27 heavy (non-hydrogen) atoms. The van der Waals surface area contributed by atoms with Gasteiger partial charge in [0.25, 0.3) is 0 Å². The number of carbonyl (C=O) groups is 1. The molecule has 0 aromatic heterocycles. The molecule has 8 heteroatoms. The summed E-state index contributed by atoms with van der Waals surface area (Å²) >= 11 is 0. The Bertz CT molecular complexity index is 780. The van der Waals surface area contributed by atoms with Crippen molar-refractivity contribution in [3.05, 3.63) is 41.4 Å². The van der Waals surface area contributed by atoms with Gasteiger partial charge < -0.3 is 25.1 Å². The first kappa shape index (κ1) is 19.0. The van der Waals surface area contributed by atoms with E-state index in [9.17, 15) is 4.79 Å². The van der Waals surface area contributed by atoms with Gasteiger partial charge in [-0.15, -0.1) is 0 Å². The second kappa shape index (κ2) is 8.31. The van der Waals surface area contributed by atoms with Crippen molar-refractivity contribution in [2.75, 3.05) is 13.2 Å². The Morgan fingerprint density at radius 3 is 2.63 bits per heavy atom. The van der Waals surface area contributed by atoms with E-state index in [4.69, 9.17) is 30.9 Å². The van der Waals surface area contributed by atoms with E-state index in [0.717, 1.165) is 31.2 Å². The van der Waals surface area contributed by atoms with Crippen LogP contribution in [-0.2, 0) is 14.3 Å². The lowest BCUT2D eigenvalue weighted by molar-refractivity contribution is -0.180. The lowest BCUT2D eigenvalue weighted by atomic mass is 9.85. The van der Waals surface area contributed by atoms with Crippen molar-refractivity contribution in [1.82, 2.24) is 5.43 Å². The normalized spacial score (nSPS) is 19.7. The Labute approximate surface area is 157 Å². The minimum atomic E-state index is -1.33. The van der Waals surface area contributed by atoms with Gasteiger partial charge in [-0.1, -0.05) is 17.9 Å². The highest BCUT2D eigenvalue weighted by molar-refractivity contribution is 5.85. The summed E-state index contributed by atoms with van der Waals surface area (Å²) in [5, 5.41) is 8.92. The molecule has 1 aromatic rings. The number of nitrogens with two attached hydrogens (primary N) is 2. The predicted molar refractivity (Wildman–Crippen MR) is 96.7 cm³/mol. The van der Waals surface area contributed by atoms with Crippen LogP contribution in [0.1, 0.15) is 31.2 Å². The van der Waals surface area contributed by atoms with Crippen LogP contribution in [0.4, 0.5) is 0 Å². The summed E-state index contributed by atoms with van der Waals surface area (Å²) in [6.45, 7) is 1.34. The number of nitrogens with one attached hydrogen (secondary N) is 1. The topological polar surface area (TPSA) is 129 Å². The number of benzene rings is 1. The zero-order valence-corrected chi connectivity index (χ0v) is 14.9. The number of ether oxygens (including phenoxy) is 3. The maximum atomic E-state index is 10.9. The zero-order chi connectivity index (χ0) is 19.3. The largest absolute Gasteiger partial charge is 0.476 e. The Kier molecular flexibility index (Phi) is 5.86. The monoisotopic (exact) mass is 373 g/mol. The van der Waals surface area contributed by atoms with Crippen LogP contribution in [-0.4, -0.2) is 30.1 Å². The van der Waals surface area contributed by atoms with Gasteiger partial charge in [-0.05, 0) is 31.0 Å². The van der Waals surface area contributed by atoms with Gasteiger partial charge in [-0.2, -0.15) is 0 Å². The second-order valence-corrected chi connectivity index (χ2v) is 6.47. The number of aliphatic carboxylic acids is 1. The van der Waals surface area contributed by atoms with Crippen molar-refractivity contribution in [2.24, 2.45) is 17.5 Å². The van der Waals surface area contributed by atoms with Gasteiger partial charge in [0.05, 0.1) is 13.2 Å². The average molecular weight is 373 g/mol. The molecule has 2 aliphatic rings. The number of carboxylic acid groups (broad SMARTS) is 1. The van der Waals surface area contributed by atoms with Gasteiger partial charge >= 0.3 is 5.97 Å². The predicted octanol–water partition coefficient (Wildman–Crippen LogP) is 1.03. The van der Waals surface area contributed by atoms with E-state index >= 15 is 0 Å². The standard InChI is InChI=1S/C19H23N3O5/c20-16(18(23)24)17(22-21)27-15-3-1-2-14(12-15)5-4-13-6-8-19(9-7-13)25-10-11-26-19/h1-3,12-13,22H,6-11,20-21H2,(H,23,24)/b17-16+. The van der Waals surface area contributed by atoms with E-state index in [0.29, 0.717) is 19.0 Å². The lowest BCUT2D eigenvalue weighted by Crippen LogP contribution is -2.34. The maximum absolute atomic E-state index is 10.9. The van der Waals surface area contributed by atoms with Crippen LogP contribution in [0.15, 0.2) is 35.8 Å². The third kappa shape index (κ3) is 4.71. The zero-order valence-electron chi connectivity index (χ0n) is 14.9. The van der Waals surface area contributed by atoms with Crippen molar-refractivity contribution >= 4 is 5.97 Å². The van der Waals surface area contributed by atoms with Gasteiger partial charge in [0.15, 0.2) is 11.5 Å². The Balaban J connectivity index is 1.64. The molecule has 1 saturated carbocycles. The number of hydrazine groups is 1. The molecule has 0 bridgehead atoms. The Morgan fingerprint density at radius 2 is 2.00 bits per heavy atom. The fraction of sp³-hybridized carbons (Fsp3) is 0.421. The van der Waals surface area contributed by atoms with Gasteiger partial charge in [0.2, 0.25) is 5.88 Å². The highest BCUT2D eigenvalue weighted by atomic mass is 16.7. The van der Waals surface area contributed by atoms with Crippen molar-refractivity contribution < 1.29 is 24.1 Å². The molecule has 0 unspecified atom stereocenters. The van der Waals surface area contributed by atoms with Gasteiger partial charge in [0.1, 0.15) is 5.75 Å². The first-order valence-corrected chi connectivity index (χ1v) is 8.78. The summed E-state index contributed by atoms with van der Waals surface area (Å²) in [7, 11) is 0. The lowest BCUT2D eigenvalue weighted by Gasteiger charge is -2.33. The summed E-state index contributed by atoms with van der Waals surface area (Å²) in [6, 6.07) is 6.98. The van der Waals surface area contributed by atoms with E-state index < -0.39 is 11.7 Å². The smallest absolute Gasteiger partial charge is 0.357 e. The number of hydrogen-bond acceptors (Lipinski definition) is 7. The molecule has 6 N–H and O–H groups in total. The maximum Gasteiger partial charge on any atom is 0.357 e. The summed E-state index contributed by atoms with van der Waals surface area (Å²) in [5.74, 6) is 10.4. The fourth-order valence-electron chi connectivity index (χ4n) is 3.19. The first-order valence-electron chi connectivity index (χ1n) is 8.78. The van der Waals surface area contributed by atoms with Gasteiger partial charge in [-0.3, -0.25) is 5.43 Å². The van der Waals surface area contributed by atoms with Crippen LogP contribution in [0.5, 0.6) is 5.75 Å². The highest BCUT2D eigenvalue weighted by Crippen LogP contribution is 2.38. The number of rotatable bonds is 4. The van der Waals surface area contributed by atoms with Gasteiger partial charge in [0, 0.05) is 24.3 Å². The molecular weight excluding hydrogens is 350 g/mol. The molecule has 1 aromatic carbocycles. The molecule has 0 radical (unpaired) electrons. The molecule has 1 saturated heterocycles. The molecule has 0 atom stereocenters. The number of carboxylic acids is 1. The molecule has 1 spiro atoms. The molecule has 3 rings (SSSR count). The second-order valence-electron chi connectivity index (χ2n) is 6.47. The molecule has 1 aliphatic heterocycles. The summed E-state index contributed by atoms with van der Waals surface area (Å²) in [5.41, 5.74) is 7.82. The fourth-order valence-corrected chi connectivity index (χ4v) is 3.19. The number of hydrogen-bond donors (Lipinski definition) is 4.